The van der Waals surface area contributed by atoms with Crippen molar-refractivity contribution in [2.45, 2.75) is 27.7 Å². The van der Waals surface area contributed by atoms with Crippen LogP contribution in [0.2, 0.25) is 0 Å². The van der Waals surface area contributed by atoms with Gasteiger partial charge in [0.25, 0.3) is 0 Å². The van der Waals surface area contributed by atoms with Gasteiger partial charge < -0.3 is 4.74 Å². The second-order valence-electron chi connectivity index (χ2n) is 3.45. The second kappa shape index (κ2) is 5.50. The Labute approximate surface area is 97.3 Å². The van der Waals surface area contributed by atoms with Gasteiger partial charge in [0.2, 0.25) is 0 Å². The van der Waals surface area contributed by atoms with Crippen LogP contribution in [0.15, 0.2) is 24.3 Å². The molecular weight excluding hydrogens is 198 g/mol. The summed E-state index contributed by atoms with van der Waals surface area (Å²) in [5.41, 5.74) is 3.29. The van der Waals surface area contributed by atoms with Crippen molar-refractivity contribution in [3.05, 3.63) is 35.5 Å². The lowest BCUT2D eigenvalue weighted by Gasteiger charge is -2.04. The Morgan fingerprint density at radius 2 is 1.75 bits per heavy atom. The number of pyridine rings is 1. The molecule has 2 aromatic rings. The zero-order valence-electron chi connectivity index (χ0n) is 10.7. The largest absolute Gasteiger partial charge is 0.497 e. The van der Waals surface area contributed by atoms with Gasteiger partial charge in [-0.05, 0) is 37.6 Å². The first kappa shape index (κ1) is 12.5. The van der Waals surface area contributed by atoms with E-state index in [0.29, 0.717) is 0 Å². The number of benzene rings is 1. The van der Waals surface area contributed by atoms with Gasteiger partial charge in [-0.2, -0.15) is 0 Å². The van der Waals surface area contributed by atoms with E-state index in [9.17, 15) is 0 Å². The standard InChI is InChI=1S/C12H13NO.C2H6/c1-8-6-10-4-5-11(14-3)7-12(10)13-9(8)2;1-2/h4-7H,1-3H3;1-2H3. The predicted octanol–water partition coefficient (Wildman–Crippen LogP) is 3.89. The van der Waals surface area contributed by atoms with Crippen LogP contribution in [0, 0.1) is 13.8 Å². The third kappa shape index (κ3) is 2.51. The summed E-state index contributed by atoms with van der Waals surface area (Å²) in [5, 5.41) is 1.16. The highest BCUT2D eigenvalue weighted by Crippen LogP contribution is 2.20. The molecule has 0 amide bonds. The first-order chi connectivity index (χ1) is 7.70. The van der Waals surface area contributed by atoms with E-state index < -0.39 is 0 Å². The fraction of sp³-hybridized carbons (Fsp3) is 0.357. The van der Waals surface area contributed by atoms with Crippen LogP contribution in [0.1, 0.15) is 25.1 Å². The number of aryl methyl sites for hydroxylation is 2. The summed E-state index contributed by atoms with van der Waals surface area (Å²) in [4.78, 5) is 4.50. The van der Waals surface area contributed by atoms with Gasteiger partial charge in [-0.1, -0.05) is 13.8 Å². The summed E-state index contributed by atoms with van der Waals surface area (Å²) in [5.74, 6) is 0.855. The normalized spacial score (nSPS) is 9.56. The number of ether oxygens (including phenoxy) is 1. The SMILES string of the molecule is CC.COc1ccc2cc(C)c(C)nc2c1. The van der Waals surface area contributed by atoms with Gasteiger partial charge in [0, 0.05) is 17.1 Å². The smallest absolute Gasteiger partial charge is 0.121 e. The molecule has 1 aromatic heterocycles. The molecular formula is C14H19NO. The lowest BCUT2D eigenvalue weighted by Crippen LogP contribution is -1.89. The van der Waals surface area contributed by atoms with Crippen LogP contribution in [0.5, 0.6) is 5.75 Å². The maximum absolute atomic E-state index is 5.15. The molecule has 0 aliphatic carbocycles. The van der Waals surface area contributed by atoms with Crippen molar-refractivity contribution in [1.82, 2.24) is 4.98 Å². The molecule has 0 spiro atoms. The van der Waals surface area contributed by atoms with Gasteiger partial charge in [0.15, 0.2) is 0 Å². The zero-order chi connectivity index (χ0) is 12.1. The Balaban J connectivity index is 0.000000606. The summed E-state index contributed by atoms with van der Waals surface area (Å²) in [6.07, 6.45) is 0. The Bertz CT molecular complexity index is 477. The van der Waals surface area contributed by atoms with Gasteiger partial charge in [-0.3, -0.25) is 4.98 Å². The number of nitrogens with zero attached hydrogens (tertiary/aromatic N) is 1. The van der Waals surface area contributed by atoms with Crippen molar-refractivity contribution in [3.63, 3.8) is 0 Å². The van der Waals surface area contributed by atoms with Crippen molar-refractivity contribution < 1.29 is 4.74 Å². The maximum atomic E-state index is 5.15. The molecule has 0 radical (unpaired) electrons. The second-order valence-corrected chi connectivity index (χ2v) is 3.45. The Morgan fingerprint density at radius 1 is 1.06 bits per heavy atom. The summed E-state index contributed by atoms with van der Waals surface area (Å²) in [6, 6.07) is 8.10. The van der Waals surface area contributed by atoms with Crippen molar-refractivity contribution in [3.8, 4) is 5.75 Å². The van der Waals surface area contributed by atoms with E-state index in [4.69, 9.17) is 4.74 Å². The Kier molecular flexibility index (Phi) is 4.29. The molecule has 16 heavy (non-hydrogen) atoms. The van der Waals surface area contributed by atoms with Gasteiger partial charge in [-0.25, -0.2) is 0 Å². The molecule has 0 saturated carbocycles. The van der Waals surface area contributed by atoms with Crippen LogP contribution in [0.3, 0.4) is 0 Å². The average Bonchev–Trinajstić information content (AvgIpc) is 2.33. The van der Waals surface area contributed by atoms with E-state index in [1.807, 2.05) is 39.0 Å². The van der Waals surface area contributed by atoms with Crippen molar-refractivity contribution in [1.29, 1.82) is 0 Å². The van der Waals surface area contributed by atoms with Crippen LogP contribution in [0.4, 0.5) is 0 Å². The van der Waals surface area contributed by atoms with Crippen molar-refractivity contribution in [2.75, 3.05) is 7.11 Å². The van der Waals surface area contributed by atoms with Crippen LogP contribution in [0.25, 0.3) is 10.9 Å². The Hall–Kier alpha value is -1.57. The molecule has 1 heterocycles. The molecule has 0 saturated heterocycles. The molecule has 86 valence electrons. The molecule has 0 aliphatic rings. The van der Waals surface area contributed by atoms with E-state index in [1.54, 1.807) is 7.11 Å². The molecule has 0 atom stereocenters. The molecule has 0 bridgehead atoms. The van der Waals surface area contributed by atoms with Gasteiger partial charge >= 0.3 is 0 Å². The lowest BCUT2D eigenvalue weighted by atomic mass is 10.1. The van der Waals surface area contributed by atoms with Crippen molar-refractivity contribution in [2.24, 2.45) is 0 Å². The quantitative estimate of drug-likeness (QED) is 0.723. The summed E-state index contributed by atoms with van der Waals surface area (Å²) in [7, 11) is 1.67. The van der Waals surface area contributed by atoms with E-state index in [1.165, 1.54) is 5.56 Å². The van der Waals surface area contributed by atoms with Crippen LogP contribution < -0.4 is 4.74 Å². The third-order valence-electron chi connectivity index (χ3n) is 2.47. The molecule has 2 nitrogen and oxygen atoms in total. The molecule has 0 N–H and O–H groups in total. The molecule has 0 aliphatic heterocycles. The van der Waals surface area contributed by atoms with E-state index in [0.717, 1.165) is 22.3 Å². The molecule has 2 rings (SSSR count). The number of aromatic nitrogens is 1. The molecule has 1 aromatic carbocycles. The van der Waals surface area contributed by atoms with Crippen molar-refractivity contribution >= 4 is 10.9 Å². The minimum Gasteiger partial charge on any atom is -0.497 e. The summed E-state index contributed by atoms with van der Waals surface area (Å²) in [6.45, 7) is 8.10. The molecule has 2 heteroatoms. The number of rotatable bonds is 1. The van der Waals surface area contributed by atoms with Gasteiger partial charge in [0.05, 0.1) is 12.6 Å². The summed E-state index contributed by atoms with van der Waals surface area (Å²) < 4.78 is 5.15. The van der Waals surface area contributed by atoms with E-state index >= 15 is 0 Å². The fourth-order valence-corrected chi connectivity index (χ4v) is 1.48. The number of hydrogen-bond donors (Lipinski definition) is 0. The summed E-state index contributed by atoms with van der Waals surface area (Å²) >= 11 is 0. The number of hydrogen-bond acceptors (Lipinski definition) is 2. The van der Waals surface area contributed by atoms with E-state index in [2.05, 4.69) is 18.0 Å². The van der Waals surface area contributed by atoms with Gasteiger partial charge in [-0.15, -0.1) is 0 Å². The number of methoxy groups -OCH3 is 1. The minimum absolute atomic E-state index is 0.855. The molecule has 0 unspecified atom stereocenters. The highest BCUT2D eigenvalue weighted by Gasteiger charge is 2.00. The fourth-order valence-electron chi connectivity index (χ4n) is 1.48. The highest BCUT2D eigenvalue weighted by atomic mass is 16.5. The topological polar surface area (TPSA) is 22.1 Å². The van der Waals surface area contributed by atoms with Crippen LogP contribution in [-0.4, -0.2) is 12.1 Å². The average molecular weight is 217 g/mol. The lowest BCUT2D eigenvalue weighted by molar-refractivity contribution is 0.415. The Morgan fingerprint density at radius 3 is 2.38 bits per heavy atom. The zero-order valence-corrected chi connectivity index (χ0v) is 10.7. The van der Waals surface area contributed by atoms with Crippen LogP contribution in [-0.2, 0) is 0 Å². The first-order valence-electron chi connectivity index (χ1n) is 5.62. The van der Waals surface area contributed by atoms with E-state index in [-0.39, 0.29) is 0 Å². The third-order valence-corrected chi connectivity index (χ3v) is 2.47. The van der Waals surface area contributed by atoms with Gasteiger partial charge in [0.1, 0.15) is 5.75 Å². The number of fused-ring (bicyclic) bond motifs is 1. The predicted molar refractivity (Wildman–Crippen MR) is 69.1 cm³/mol. The van der Waals surface area contributed by atoms with Crippen LogP contribution >= 0.6 is 0 Å². The monoisotopic (exact) mass is 217 g/mol. The maximum Gasteiger partial charge on any atom is 0.121 e. The minimum atomic E-state index is 0.855. The molecule has 0 fully saturated rings. The highest BCUT2D eigenvalue weighted by molar-refractivity contribution is 5.80. The first-order valence-corrected chi connectivity index (χ1v) is 5.62.